The molecule has 0 bridgehead atoms. The smallest absolute Gasteiger partial charge is 0.340 e. The number of ether oxygens (including phenoxy) is 1. The summed E-state index contributed by atoms with van der Waals surface area (Å²) >= 11 is 0. The second-order valence-corrected chi connectivity index (χ2v) is 5.67. The summed E-state index contributed by atoms with van der Waals surface area (Å²) in [6, 6.07) is 5.88. The van der Waals surface area contributed by atoms with E-state index in [4.69, 9.17) is 16.3 Å². The van der Waals surface area contributed by atoms with Gasteiger partial charge < -0.3 is 9.84 Å². The number of esters is 1. The summed E-state index contributed by atoms with van der Waals surface area (Å²) in [4.78, 5) is 23.3. The maximum absolute atomic E-state index is 12.2. The molecule has 0 aliphatic carbocycles. The number of hydrogen-bond acceptors (Lipinski definition) is 3. The Morgan fingerprint density at radius 1 is 1.15 bits per heavy atom. The third-order valence-corrected chi connectivity index (χ3v) is 3.38. The third-order valence-electron chi connectivity index (χ3n) is 3.38. The number of carbonyl (C=O) groups excluding carboxylic acids is 1. The van der Waals surface area contributed by atoms with Crippen LogP contribution in [0.4, 0.5) is 0 Å². The fraction of sp³-hybridized carbons (Fsp3) is 0.375. The molecular weight excluding hydrogens is 256 g/mol. The van der Waals surface area contributed by atoms with Gasteiger partial charge in [0.05, 0.1) is 11.1 Å². The summed E-state index contributed by atoms with van der Waals surface area (Å²) < 4.78 is 5.39. The number of carboxylic acid groups (broad SMARTS) is 1. The molecule has 1 N–H and O–H groups in total. The minimum atomic E-state index is -1.18. The zero-order valence-corrected chi connectivity index (χ0v) is 12.1. The van der Waals surface area contributed by atoms with E-state index < -0.39 is 23.0 Å². The van der Waals surface area contributed by atoms with E-state index >= 15 is 0 Å². The van der Waals surface area contributed by atoms with Crippen LogP contribution < -0.4 is 0 Å². The van der Waals surface area contributed by atoms with Gasteiger partial charge in [-0.2, -0.15) is 0 Å². The van der Waals surface area contributed by atoms with Crippen molar-refractivity contribution in [3.8, 4) is 12.3 Å². The number of carboxylic acids is 1. The van der Waals surface area contributed by atoms with Gasteiger partial charge in [-0.05, 0) is 19.1 Å². The van der Waals surface area contributed by atoms with Crippen LogP contribution in [0.25, 0.3) is 0 Å². The van der Waals surface area contributed by atoms with Crippen molar-refractivity contribution < 1.29 is 19.4 Å². The number of aromatic carboxylic acids is 1. The van der Waals surface area contributed by atoms with Crippen LogP contribution in [0.2, 0.25) is 0 Å². The van der Waals surface area contributed by atoms with Gasteiger partial charge in [0.2, 0.25) is 0 Å². The van der Waals surface area contributed by atoms with Crippen LogP contribution in [-0.4, -0.2) is 22.6 Å². The summed E-state index contributed by atoms with van der Waals surface area (Å²) in [6.07, 6.45) is 5.47. The summed E-state index contributed by atoms with van der Waals surface area (Å²) in [6.45, 7) is 7.18. The Morgan fingerprint density at radius 3 is 2.05 bits per heavy atom. The largest absolute Gasteiger partial charge is 0.478 e. The molecule has 0 saturated carbocycles. The van der Waals surface area contributed by atoms with Crippen molar-refractivity contribution in [1.82, 2.24) is 0 Å². The maximum Gasteiger partial charge on any atom is 0.340 e. The Kier molecular flexibility index (Phi) is 4.24. The van der Waals surface area contributed by atoms with E-state index in [-0.39, 0.29) is 11.1 Å². The molecule has 0 fully saturated rings. The van der Waals surface area contributed by atoms with Gasteiger partial charge in [0.1, 0.15) is 0 Å². The van der Waals surface area contributed by atoms with Gasteiger partial charge >= 0.3 is 11.9 Å². The SMILES string of the molecule is C#C[C@](C)(OC(=O)c1ccccc1C(=O)O)C(C)(C)C. The third kappa shape index (κ3) is 3.00. The number of benzene rings is 1. The lowest BCUT2D eigenvalue weighted by molar-refractivity contribution is -0.0312. The highest BCUT2D eigenvalue weighted by Crippen LogP contribution is 2.33. The summed E-state index contributed by atoms with van der Waals surface area (Å²) in [7, 11) is 0. The Bertz CT molecular complexity index is 575. The van der Waals surface area contributed by atoms with Gasteiger partial charge in [0.15, 0.2) is 5.60 Å². The van der Waals surface area contributed by atoms with Crippen molar-refractivity contribution in [2.75, 3.05) is 0 Å². The van der Waals surface area contributed by atoms with Crippen LogP contribution in [-0.2, 0) is 4.74 Å². The topological polar surface area (TPSA) is 63.6 Å². The Balaban J connectivity index is 3.16. The van der Waals surface area contributed by atoms with E-state index in [1.54, 1.807) is 19.1 Å². The van der Waals surface area contributed by atoms with Gasteiger partial charge in [-0.1, -0.05) is 38.8 Å². The van der Waals surface area contributed by atoms with E-state index in [2.05, 4.69) is 5.92 Å². The predicted molar refractivity (Wildman–Crippen MR) is 75.5 cm³/mol. The van der Waals surface area contributed by atoms with Crippen LogP contribution in [0.15, 0.2) is 24.3 Å². The molecule has 0 aromatic heterocycles. The summed E-state index contributed by atoms with van der Waals surface area (Å²) in [5.41, 5.74) is -1.72. The molecule has 0 amide bonds. The minimum Gasteiger partial charge on any atom is -0.478 e. The Labute approximate surface area is 118 Å². The van der Waals surface area contributed by atoms with Crippen molar-refractivity contribution in [3.63, 3.8) is 0 Å². The van der Waals surface area contributed by atoms with E-state index in [1.807, 2.05) is 20.8 Å². The highest BCUT2D eigenvalue weighted by atomic mass is 16.6. The molecule has 0 aliphatic heterocycles. The molecule has 0 unspecified atom stereocenters. The van der Waals surface area contributed by atoms with Crippen LogP contribution in [0.5, 0.6) is 0 Å². The fourth-order valence-corrected chi connectivity index (χ4v) is 1.49. The zero-order chi connectivity index (χ0) is 15.6. The molecule has 0 aliphatic rings. The molecule has 0 saturated heterocycles. The Hall–Kier alpha value is -2.28. The normalized spacial score (nSPS) is 13.9. The average Bonchev–Trinajstić information content (AvgIpc) is 2.37. The molecule has 0 radical (unpaired) electrons. The molecule has 4 heteroatoms. The minimum absolute atomic E-state index is 0.00859. The molecule has 0 spiro atoms. The fourth-order valence-electron chi connectivity index (χ4n) is 1.49. The maximum atomic E-state index is 12.2. The lowest BCUT2D eigenvalue weighted by Crippen LogP contribution is -2.43. The van der Waals surface area contributed by atoms with E-state index in [0.717, 1.165) is 0 Å². The lowest BCUT2D eigenvalue weighted by atomic mass is 9.78. The number of carbonyl (C=O) groups is 2. The van der Waals surface area contributed by atoms with Crippen LogP contribution >= 0.6 is 0 Å². The standard InChI is InChI=1S/C16H18O4/c1-6-16(5,15(2,3)4)20-14(19)12-10-8-7-9-11(12)13(17)18/h1,7-10H,2-5H3,(H,17,18)/t16-/m0/s1. The molecule has 4 nitrogen and oxygen atoms in total. The second kappa shape index (κ2) is 5.38. The molecular formula is C16H18O4. The highest BCUT2D eigenvalue weighted by Gasteiger charge is 2.40. The van der Waals surface area contributed by atoms with Crippen LogP contribution in [0.3, 0.4) is 0 Å². The zero-order valence-electron chi connectivity index (χ0n) is 12.1. The first-order valence-electron chi connectivity index (χ1n) is 6.16. The van der Waals surface area contributed by atoms with Gasteiger partial charge in [-0.3, -0.25) is 0 Å². The van der Waals surface area contributed by atoms with Crippen molar-refractivity contribution in [2.45, 2.75) is 33.3 Å². The number of terminal acetylenes is 1. The van der Waals surface area contributed by atoms with E-state index in [0.29, 0.717) is 0 Å². The first kappa shape index (κ1) is 15.8. The molecule has 1 atom stereocenters. The number of hydrogen-bond donors (Lipinski definition) is 1. The van der Waals surface area contributed by atoms with Crippen molar-refractivity contribution in [3.05, 3.63) is 35.4 Å². The van der Waals surface area contributed by atoms with Gasteiger partial charge in [-0.25, -0.2) is 9.59 Å². The quantitative estimate of drug-likeness (QED) is 0.680. The molecule has 1 aromatic rings. The van der Waals surface area contributed by atoms with Crippen LogP contribution in [0, 0.1) is 17.8 Å². The van der Waals surface area contributed by atoms with Crippen LogP contribution in [0.1, 0.15) is 48.4 Å². The molecule has 0 heterocycles. The first-order valence-corrected chi connectivity index (χ1v) is 6.16. The highest BCUT2D eigenvalue weighted by molar-refractivity contribution is 6.02. The molecule has 106 valence electrons. The monoisotopic (exact) mass is 274 g/mol. The van der Waals surface area contributed by atoms with Gasteiger partial charge in [0, 0.05) is 5.41 Å². The summed E-state index contributed by atoms with van der Waals surface area (Å²) in [5.74, 6) is 0.555. The van der Waals surface area contributed by atoms with Crippen molar-refractivity contribution in [2.24, 2.45) is 5.41 Å². The van der Waals surface area contributed by atoms with Gasteiger partial charge in [-0.15, -0.1) is 6.42 Å². The van der Waals surface area contributed by atoms with E-state index in [1.165, 1.54) is 12.1 Å². The average molecular weight is 274 g/mol. The molecule has 20 heavy (non-hydrogen) atoms. The van der Waals surface area contributed by atoms with Crippen molar-refractivity contribution in [1.29, 1.82) is 0 Å². The first-order chi connectivity index (χ1) is 9.12. The molecule has 1 rings (SSSR count). The van der Waals surface area contributed by atoms with Gasteiger partial charge in [0.25, 0.3) is 0 Å². The van der Waals surface area contributed by atoms with E-state index in [9.17, 15) is 9.59 Å². The molecule has 1 aromatic carbocycles. The second-order valence-electron chi connectivity index (χ2n) is 5.67. The number of rotatable bonds is 3. The Morgan fingerprint density at radius 2 is 1.65 bits per heavy atom. The lowest BCUT2D eigenvalue weighted by Gasteiger charge is -2.36. The van der Waals surface area contributed by atoms with Crippen molar-refractivity contribution >= 4 is 11.9 Å². The summed E-state index contributed by atoms with van der Waals surface area (Å²) in [5, 5.41) is 9.08. The predicted octanol–water partition coefficient (Wildman–Crippen LogP) is 2.98.